The maximum absolute atomic E-state index is 13.2. The van der Waals surface area contributed by atoms with Crippen molar-refractivity contribution < 1.29 is 9.59 Å². The molecule has 1 saturated heterocycles. The summed E-state index contributed by atoms with van der Waals surface area (Å²) in [4.78, 5) is 28.1. The molecule has 7 heteroatoms. The zero-order chi connectivity index (χ0) is 22.7. The molecule has 0 unspecified atom stereocenters. The van der Waals surface area contributed by atoms with Gasteiger partial charge < -0.3 is 10.6 Å². The minimum Gasteiger partial charge on any atom is -0.339 e. The Morgan fingerprint density at radius 3 is 2.72 bits per heavy atom. The number of benzene rings is 2. The number of carbonyl (C=O) groups excluding carboxylic acids is 2. The van der Waals surface area contributed by atoms with Gasteiger partial charge in [-0.25, -0.2) is 5.01 Å². The highest BCUT2D eigenvalue weighted by Gasteiger charge is 2.53. The van der Waals surface area contributed by atoms with Crippen LogP contribution in [0.3, 0.4) is 0 Å². The van der Waals surface area contributed by atoms with Gasteiger partial charge in [0.15, 0.2) is 0 Å². The second-order valence-corrected chi connectivity index (χ2v) is 8.59. The van der Waals surface area contributed by atoms with E-state index in [0.29, 0.717) is 44.3 Å². The normalized spacial score (nSPS) is 21.0. The Labute approximate surface area is 188 Å². The van der Waals surface area contributed by atoms with Gasteiger partial charge in [0.2, 0.25) is 5.91 Å². The van der Waals surface area contributed by atoms with E-state index < -0.39 is 11.5 Å². The lowest BCUT2D eigenvalue weighted by molar-refractivity contribution is -0.140. The minimum atomic E-state index is -0.829. The summed E-state index contributed by atoms with van der Waals surface area (Å²) in [6.45, 7) is 0.799. The van der Waals surface area contributed by atoms with Crippen LogP contribution in [-0.2, 0) is 22.4 Å². The van der Waals surface area contributed by atoms with Gasteiger partial charge in [-0.3, -0.25) is 9.59 Å². The summed E-state index contributed by atoms with van der Waals surface area (Å²) in [6, 6.07) is 18.7. The predicted molar refractivity (Wildman–Crippen MR) is 121 cm³/mol. The summed E-state index contributed by atoms with van der Waals surface area (Å²) >= 11 is 0. The van der Waals surface area contributed by atoms with Crippen molar-refractivity contribution in [1.82, 2.24) is 9.91 Å². The zero-order valence-electron chi connectivity index (χ0n) is 18.2. The van der Waals surface area contributed by atoms with E-state index in [1.807, 2.05) is 48.5 Å². The maximum Gasteiger partial charge on any atom is 0.256 e. The number of aryl methyl sites for hydroxylation is 1. The van der Waals surface area contributed by atoms with E-state index in [1.165, 1.54) is 5.01 Å². The molecule has 2 atom stereocenters. The second kappa shape index (κ2) is 8.93. The van der Waals surface area contributed by atoms with E-state index in [9.17, 15) is 9.59 Å². The fraction of sp³-hybridized carbons (Fsp3) is 0.360. The monoisotopic (exact) mass is 429 g/mol. The van der Waals surface area contributed by atoms with E-state index in [4.69, 9.17) is 11.0 Å². The van der Waals surface area contributed by atoms with E-state index in [-0.39, 0.29) is 11.8 Å². The highest BCUT2D eigenvalue weighted by molar-refractivity contribution is 6.13. The van der Waals surface area contributed by atoms with Crippen LogP contribution in [-0.4, -0.2) is 53.6 Å². The van der Waals surface area contributed by atoms with Crippen LogP contribution < -0.4 is 5.73 Å². The molecule has 32 heavy (non-hydrogen) atoms. The number of amides is 2. The smallest absolute Gasteiger partial charge is 0.256 e. The summed E-state index contributed by atoms with van der Waals surface area (Å²) in [6.07, 6.45) is 2.16. The lowest BCUT2D eigenvalue weighted by Crippen LogP contribution is -2.58. The third-order valence-electron chi connectivity index (χ3n) is 6.38. The van der Waals surface area contributed by atoms with E-state index >= 15 is 0 Å². The first-order valence-electron chi connectivity index (χ1n) is 10.9. The number of nitriles is 1. The molecule has 2 aromatic rings. The van der Waals surface area contributed by atoms with Crippen LogP contribution in [0.25, 0.3) is 0 Å². The number of hydrazone groups is 1. The quantitative estimate of drug-likeness (QED) is 0.760. The molecule has 164 valence electrons. The number of nitrogens with zero attached hydrogens (tertiary/aromatic N) is 4. The molecule has 2 amide bonds. The molecular formula is C25H27N5O2. The first-order valence-corrected chi connectivity index (χ1v) is 10.9. The van der Waals surface area contributed by atoms with Gasteiger partial charge in [0.25, 0.3) is 5.91 Å². The van der Waals surface area contributed by atoms with Crippen LogP contribution in [0.5, 0.6) is 0 Å². The lowest BCUT2D eigenvalue weighted by Gasteiger charge is -2.40. The molecule has 0 aliphatic carbocycles. The third-order valence-corrected chi connectivity index (χ3v) is 6.38. The molecule has 2 N–H and O–H groups in total. The lowest BCUT2D eigenvalue weighted by atomic mass is 9.73. The van der Waals surface area contributed by atoms with Crippen LogP contribution in [0.15, 0.2) is 59.7 Å². The molecule has 2 aliphatic heterocycles. The topological polar surface area (TPSA) is 103 Å². The second-order valence-electron chi connectivity index (χ2n) is 8.59. The Morgan fingerprint density at radius 1 is 1.22 bits per heavy atom. The molecule has 2 heterocycles. The predicted octanol–water partition coefficient (Wildman–Crippen LogP) is 2.11. The van der Waals surface area contributed by atoms with Crippen molar-refractivity contribution in [2.45, 2.75) is 31.7 Å². The fourth-order valence-electron chi connectivity index (χ4n) is 4.69. The van der Waals surface area contributed by atoms with Gasteiger partial charge in [-0.1, -0.05) is 42.5 Å². The molecule has 0 spiro atoms. The van der Waals surface area contributed by atoms with Gasteiger partial charge in [-0.05, 0) is 42.5 Å². The van der Waals surface area contributed by atoms with Crippen LogP contribution >= 0.6 is 0 Å². The van der Waals surface area contributed by atoms with Crippen LogP contribution in [0.2, 0.25) is 0 Å². The Hall–Kier alpha value is -3.50. The molecule has 1 fully saturated rings. The van der Waals surface area contributed by atoms with Gasteiger partial charge in [0, 0.05) is 26.6 Å². The highest BCUT2D eigenvalue weighted by atomic mass is 16.2. The van der Waals surface area contributed by atoms with Crippen molar-refractivity contribution in [1.29, 1.82) is 5.26 Å². The third kappa shape index (κ3) is 4.14. The fourth-order valence-corrected chi connectivity index (χ4v) is 4.69. The number of rotatable bonds is 6. The molecule has 2 aliphatic rings. The molecule has 7 nitrogen and oxygen atoms in total. The number of hydrogen-bond donors (Lipinski definition) is 1. The summed E-state index contributed by atoms with van der Waals surface area (Å²) in [5.41, 5.74) is 8.91. The average Bonchev–Trinajstić information content (AvgIpc) is 3.07. The Bertz CT molecular complexity index is 1090. The summed E-state index contributed by atoms with van der Waals surface area (Å²) in [5, 5.41) is 15.0. The van der Waals surface area contributed by atoms with Gasteiger partial charge in [0.1, 0.15) is 5.41 Å². The van der Waals surface area contributed by atoms with E-state index in [2.05, 4.69) is 11.2 Å². The number of nitrogens with two attached hydrogens (primary N) is 1. The number of likely N-dealkylation sites (tertiary alicyclic amines) is 1. The van der Waals surface area contributed by atoms with E-state index in [0.717, 1.165) is 16.8 Å². The maximum atomic E-state index is 13.2. The molecule has 0 bridgehead atoms. The van der Waals surface area contributed by atoms with Crippen LogP contribution in [0.1, 0.15) is 29.5 Å². The van der Waals surface area contributed by atoms with Gasteiger partial charge in [0.05, 0.1) is 23.4 Å². The Balaban J connectivity index is 1.48. The van der Waals surface area contributed by atoms with Crippen molar-refractivity contribution >= 4 is 17.5 Å². The van der Waals surface area contributed by atoms with Gasteiger partial charge in [-0.15, -0.1) is 0 Å². The van der Waals surface area contributed by atoms with Crippen molar-refractivity contribution in [2.75, 3.05) is 20.1 Å². The number of carbonyl (C=O) groups is 2. The molecule has 0 radical (unpaired) electrons. The SMILES string of the molecule is CN1N=C2CCN(C(=O)[C@H](N)CCc3cccc(C#N)c3)C[C@@]2(Cc2ccccc2)C1=O. The first kappa shape index (κ1) is 21.7. The van der Waals surface area contributed by atoms with E-state index in [1.54, 1.807) is 18.0 Å². The molecule has 0 aromatic heterocycles. The highest BCUT2D eigenvalue weighted by Crippen LogP contribution is 2.38. The summed E-state index contributed by atoms with van der Waals surface area (Å²) in [7, 11) is 1.67. The number of fused-ring (bicyclic) bond motifs is 1. The van der Waals surface area contributed by atoms with Gasteiger partial charge >= 0.3 is 0 Å². The summed E-state index contributed by atoms with van der Waals surface area (Å²) in [5.74, 6) is -0.217. The Kier molecular flexibility index (Phi) is 6.06. The van der Waals surface area contributed by atoms with Crippen LogP contribution in [0, 0.1) is 16.7 Å². The standard InChI is InChI=1S/C25H27N5O2/c1-29-24(32)25(15-19-6-3-2-4-7-19)17-30(13-12-22(25)28-29)23(31)21(27)11-10-18-8-5-9-20(14-18)16-26/h2-9,14,21H,10-13,15,17,27H2,1H3/t21-,25-/m1/s1. The van der Waals surface area contributed by atoms with Crippen LogP contribution in [0.4, 0.5) is 0 Å². The molecular weight excluding hydrogens is 402 g/mol. The number of hydrogen-bond acceptors (Lipinski definition) is 5. The van der Waals surface area contributed by atoms with Crippen molar-refractivity contribution in [3.8, 4) is 6.07 Å². The molecule has 2 aromatic carbocycles. The number of piperidine rings is 1. The van der Waals surface area contributed by atoms with Crippen molar-refractivity contribution in [3.63, 3.8) is 0 Å². The van der Waals surface area contributed by atoms with Crippen molar-refractivity contribution in [3.05, 3.63) is 71.3 Å². The van der Waals surface area contributed by atoms with Crippen molar-refractivity contribution in [2.24, 2.45) is 16.3 Å². The molecule has 4 rings (SSSR count). The zero-order valence-corrected chi connectivity index (χ0v) is 18.2. The summed E-state index contributed by atoms with van der Waals surface area (Å²) < 4.78 is 0. The Morgan fingerprint density at radius 2 is 1.97 bits per heavy atom. The molecule has 0 saturated carbocycles. The first-order chi connectivity index (χ1) is 15.4. The largest absolute Gasteiger partial charge is 0.339 e. The average molecular weight is 430 g/mol. The van der Waals surface area contributed by atoms with Gasteiger partial charge in [-0.2, -0.15) is 10.4 Å². The minimum absolute atomic E-state index is 0.0734.